The summed E-state index contributed by atoms with van der Waals surface area (Å²) in [6.45, 7) is 4.24. The van der Waals surface area contributed by atoms with Gasteiger partial charge >= 0.3 is 5.69 Å². The summed E-state index contributed by atoms with van der Waals surface area (Å²) in [4.78, 5) is 14.9. The Hall–Kier alpha value is -1.16. The second kappa shape index (κ2) is 3.49. The van der Waals surface area contributed by atoms with Crippen LogP contribution in [0, 0.1) is 0 Å². The highest BCUT2D eigenvalue weighted by atomic mass is 16.1. The second-order valence-corrected chi connectivity index (χ2v) is 2.89. The third-order valence-electron chi connectivity index (χ3n) is 1.69. The van der Waals surface area contributed by atoms with Crippen LogP contribution in [0.15, 0.2) is 17.1 Å². The van der Waals surface area contributed by atoms with E-state index in [-0.39, 0.29) is 11.7 Å². The number of rotatable bonds is 2. The van der Waals surface area contributed by atoms with Crippen molar-refractivity contribution >= 4 is 0 Å². The van der Waals surface area contributed by atoms with Gasteiger partial charge in [-0.05, 0) is 19.9 Å². The van der Waals surface area contributed by atoms with Gasteiger partial charge in [0.15, 0.2) is 0 Å². The topological polar surface area (TPSA) is 60.9 Å². The van der Waals surface area contributed by atoms with E-state index in [1.807, 2.05) is 13.8 Å². The molecule has 1 rings (SSSR count). The maximum atomic E-state index is 11.2. The number of nitrogens with two attached hydrogens (primary N) is 1. The average Bonchev–Trinajstić information content (AvgIpc) is 2.03. The standard InChI is InChI=1S/C8H13N3O/c1-6(2)11-7(5-9)3-4-10-8(11)12/h3-4,6H,5,9H2,1-2H3. The van der Waals surface area contributed by atoms with E-state index in [1.165, 1.54) is 6.20 Å². The third-order valence-corrected chi connectivity index (χ3v) is 1.69. The van der Waals surface area contributed by atoms with Gasteiger partial charge in [-0.3, -0.25) is 4.57 Å². The van der Waals surface area contributed by atoms with Crippen LogP contribution in [0.5, 0.6) is 0 Å². The minimum atomic E-state index is -0.229. The molecule has 0 atom stereocenters. The summed E-state index contributed by atoms with van der Waals surface area (Å²) >= 11 is 0. The van der Waals surface area contributed by atoms with Crippen molar-refractivity contribution in [2.75, 3.05) is 0 Å². The predicted molar refractivity (Wildman–Crippen MR) is 46.8 cm³/mol. The molecule has 1 aromatic heterocycles. The summed E-state index contributed by atoms with van der Waals surface area (Å²) < 4.78 is 1.60. The van der Waals surface area contributed by atoms with Crippen LogP contribution < -0.4 is 11.4 Å². The van der Waals surface area contributed by atoms with Crippen LogP contribution in [-0.4, -0.2) is 9.55 Å². The SMILES string of the molecule is CC(C)n1c(CN)ccnc1=O. The highest BCUT2D eigenvalue weighted by Gasteiger charge is 2.05. The molecule has 0 spiro atoms. The van der Waals surface area contributed by atoms with E-state index < -0.39 is 0 Å². The monoisotopic (exact) mass is 167 g/mol. The Bertz CT molecular complexity index is 316. The van der Waals surface area contributed by atoms with Gasteiger partial charge < -0.3 is 5.73 Å². The molecule has 66 valence electrons. The molecule has 4 nitrogen and oxygen atoms in total. The van der Waals surface area contributed by atoms with E-state index in [0.717, 1.165) is 5.69 Å². The Morgan fingerprint density at radius 3 is 2.75 bits per heavy atom. The average molecular weight is 167 g/mol. The van der Waals surface area contributed by atoms with Gasteiger partial charge in [0.25, 0.3) is 0 Å². The predicted octanol–water partition coefficient (Wildman–Crippen LogP) is 0.283. The molecule has 4 heteroatoms. The van der Waals surface area contributed by atoms with Gasteiger partial charge in [-0.25, -0.2) is 9.78 Å². The molecule has 1 aromatic rings. The van der Waals surface area contributed by atoms with E-state index in [0.29, 0.717) is 6.54 Å². The lowest BCUT2D eigenvalue weighted by atomic mass is 10.3. The summed E-state index contributed by atoms with van der Waals surface area (Å²) in [5.74, 6) is 0. The molecule has 0 aliphatic heterocycles. The highest BCUT2D eigenvalue weighted by molar-refractivity contribution is 5.01. The van der Waals surface area contributed by atoms with E-state index in [2.05, 4.69) is 4.98 Å². The first kappa shape index (κ1) is 8.93. The summed E-state index contributed by atoms with van der Waals surface area (Å²) in [6, 6.07) is 1.88. The first-order chi connectivity index (χ1) is 5.66. The Morgan fingerprint density at radius 1 is 1.67 bits per heavy atom. The Labute approximate surface area is 71.0 Å². The Balaban J connectivity index is 3.30. The lowest BCUT2D eigenvalue weighted by Gasteiger charge is -2.13. The molecule has 0 saturated carbocycles. The smallest absolute Gasteiger partial charge is 0.325 e. The van der Waals surface area contributed by atoms with Crippen molar-refractivity contribution in [1.29, 1.82) is 0 Å². The van der Waals surface area contributed by atoms with Crippen LogP contribution in [-0.2, 0) is 6.54 Å². The number of hydrogen-bond donors (Lipinski definition) is 1. The molecule has 0 aromatic carbocycles. The lowest BCUT2D eigenvalue weighted by molar-refractivity contribution is 0.537. The van der Waals surface area contributed by atoms with Crippen LogP contribution in [0.1, 0.15) is 25.6 Å². The Morgan fingerprint density at radius 2 is 2.33 bits per heavy atom. The molecule has 0 saturated heterocycles. The van der Waals surface area contributed by atoms with Crippen molar-refractivity contribution in [3.05, 3.63) is 28.4 Å². The molecule has 0 fully saturated rings. The summed E-state index contributed by atoms with van der Waals surface area (Å²) in [6.07, 6.45) is 1.49. The largest absolute Gasteiger partial charge is 0.347 e. The minimum Gasteiger partial charge on any atom is -0.325 e. The van der Waals surface area contributed by atoms with Crippen LogP contribution in [0.4, 0.5) is 0 Å². The van der Waals surface area contributed by atoms with Crippen LogP contribution in [0.2, 0.25) is 0 Å². The molecule has 0 radical (unpaired) electrons. The van der Waals surface area contributed by atoms with E-state index in [4.69, 9.17) is 5.73 Å². The zero-order valence-corrected chi connectivity index (χ0v) is 7.32. The number of nitrogens with zero attached hydrogens (tertiary/aromatic N) is 2. The van der Waals surface area contributed by atoms with Crippen LogP contribution in [0.3, 0.4) is 0 Å². The van der Waals surface area contributed by atoms with Crippen LogP contribution >= 0.6 is 0 Å². The fourth-order valence-electron chi connectivity index (χ4n) is 1.17. The highest BCUT2D eigenvalue weighted by Crippen LogP contribution is 2.03. The van der Waals surface area contributed by atoms with Crippen LogP contribution in [0.25, 0.3) is 0 Å². The molecule has 0 amide bonds. The molecular formula is C8H13N3O. The van der Waals surface area contributed by atoms with Crippen molar-refractivity contribution in [1.82, 2.24) is 9.55 Å². The van der Waals surface area contributed by atoms with Crippen molar-refractivity contribution in [3.8, 4) is 0 Å². The molecule has 0 unspecified atom stereocenters. The van der Waals surface area contributed by atoms with Gasteiger partial charge in [0.1, 0.15) is 0 Å². The molecule has 0 aliphatic rings. The minimum absolute atomic E-state index is 0.116. The first-order valence-corrected chi connectivity index (χ1v) is 3.93. The normalized spacial score (nSPS) is 10.7. The summed E-state index contributed by atoms with van der Waals surface area (Å²) in [7, 11) is 0. The summed E-state index contributed by atoms with van der Waals surface area (Å²) in [5.41, 5.74) is 6.07. The van der Waals surface area contributed by atoms with Crippen molar-refractivity contribution in [2.24, 2.45) is 5.73 Å². The summed E-state index contributed by atoms with van der Waals surface area (Å²) in [5, 5.41) is 0. The Kier molecular flexibility index (Phi) is 2.60. The fourth-order valence-corrected chi connectivity index (χ4v) is 1.17. The first-order valence-electron chi connectivity index (χ1n) is 3.93. The van der Waals surface area contributed by atoms with Gasteiger partial charge in [-0.1, -0.05) is 0 Å². The van der Waals surface area contributed by atoms with Gasteiger partial charge in [0, 0.05) is 24.5 Å². The number of hydrogen-bond acceptors (Lipinski definition) is 3. The quantitative estimate of drug-likeness (QED) is 0.688. The van der Waals surface area contributed by atoms with Crippen molar-refractivity contribution < 1.29 is 0 Å². The molecule has 1 heterocycles. The van der Waals surface area contributed by atoms with Gasteiger partial charge in [-0.15, -0.1) is 0 Å². The van der Waals surface area contributed by atoms with Gasteiger partial charge in [0.2, 0.25) is 0 Å². The lowest BCUT2D eigenvalue weighted by Crippen LogP contribution is -2.28. The molecule has 12 heavy (non-hydrogen) atoms. The van der Waals surface area contributed by atoms with Gasteiger partial charge in [-0.2, -0.15) is 0 Å². The molecular weight excluding hydrogens is 154 g/mol. The maximum absolute atomic E-state index is 11.2. The maximum Gasteiger partial charge on any atom is 0.347 e. The zero-order chi connectivity index (χ0) is 9.14. The zero-order valence-electron chi connectivity index (χ0n) is 7.32. The van der Waals surface area contributed by atoms with E-state index in [9.17, 15) is 4.79 Å². The number of aromatic nitrogens is 2. The second-order valence-electron chi connectivity index (χ2n) is 2.89. The molecule has 0 bridgehead atoms. The van der Waals surface area contributed by atoms with E-state index in [1.54, 1.807) is 10.6 Å². The fraction of sp³-hybridized carbons (Fsp3) is 0.500. The van der Waals surface area contributed by atoms with Crippen molar-refractivity contribution in [3.63, 3.8) is 0 Å². The van der Waals surface area contributed by atoms with Gasteiger partial charge in [0.05, 0.1) is 0 Å². The third kappa shape index (κ3) is 1.53. The molecule has 2 N–H and O–H groups in total. The van der Waals surface area contributed by atoms with E-state index >= 15 is 0 Å². The van der Waals surface area contributed by atoms with Crippen molar-refractivity contribution in [2.45, 2.75) is 26.4 Å². The molecule has 0 aliphatic carbocycles.